The topological polar surface area (TPSA) is 52.9 Å². The minimum absolute atomic E-state index is 0.594. The highest BCUT2D eigenvalue weighted by Gasteiger charge is 2.38. The number of carbonyl (C=O) groups excluding carboxylic acids is 1. The second kappa shape index (κ2) is 2.96. The molecule has 3 nitrogen and oxygen atoms in total. The van der Waals surface area contributed by atoms with E-state index < -0.39 is 5.41 Å². The number of hydrogen-bond acceptors (Lipinski definition) is 3. The van der Waals surface area contributed by atoms with Gasteiger partial charge in [-0.1, -0.05) is 18.7 Å². The molecule has 1 aromatic carbocycles. The summed E-state index contributed by atoms with van der Waals surface area (Å²) in [5, 5.41) is 12.2. The zero-order chi connectivity index (χ0) is 11.1. The normalized spacial score (nSPS) is 22.8. The molecule has 0 saturated carbocycles. The number of aldehydes is 1. The first-order valence-electron chi connectivity index (χ1n) is 4.59. The average molecular weight is 198 g/mol. The minimum atomic E-state index is -0.698. The number of hydrogen-bond donors (Lipinski definition) is 1. The van der Waals surface area contributed by atoms with Crippen LogP contribution in [0.25, 0.3) is 0 Å². The van der Waals surface area contributed by atoms with Crippen LogP contribution >= 0.6 is 0 Å². The standard InChI is InChI=1S/C12H10N2O/c1-8-12(2,7-13)10-4-3-9(6-15)5-11(10)14-8/h3-6,14H,1H2,2H3. The van der Waals surface area contributed by atoms with E-state index in [0.29, 0.717) is 11.3 Å². The smallest absolute Gasteiger partial charge is 0.150 e. The van der Waals surface area contributed by atoms with Crippen molar-refractivity contribution in [2.75, 3.05) is 5.32 Å². The van der Waals surface area contributed by atoms with Gasteiger partial charge in [0.15, 0.2) is 0 Å². The number of carbonyl (C=O) groups is 1. The SMILES string of the molecule is C=C1Nc2cc(C=O)ccc2C1(C)C#N. The van der Waals surface area contributed by atoms with Crippen molar-refractivity contribution in [3.05, 3.63) is 41.6 Å². The summed E-state index contributed by atoms with van der Waals surface area (Å²) in [6.45, 7) is 5.64. The molecule has 0 amide bonds. The number of fused-ring (bicyclic) bond motifs is 1. The van der Waals surface area contributed by atoms with Crippen molar-refractivity contribution in [2.45, 2.75) is 12.3 Å². The third kappa shape index (κ3) is 1.15. The molecule has 0 fully saturated rings. The molecular formula is C12H10N2O. The molecule has 0 aliphatic carbocycles. The summed E-state index contributed by atoms with van der Waals surface area (Å²) in [6, 6.07) is 7.47. The van der Waals surface area contributed by atoms with Gasteiger partial charge in [0, 0.05) is 22.5 Å². The maximum atomic E-state index is 10.6. The number of nitriles is 1. The first-order valence-corrected chi connectivity index (χ1v) is 4.59. The summed E-state index contributed by atoms with van der Waals surface area (Å²) in [5.41, 5.74) is 2.23. The molecule has 1 aliphatic heterocycles. The Morgan fingerprint density at radius 3 is 2.93 bits per heavy atom. The van der Waals surface area contributed by atoms with Crippen molar-refractivity contribution >= 4 is 12.0 Å². The molecule has 1 aliphatic rings. The summed E-state index contributed by atoms with van der Waals surface area (Å²) in [4.78, 5) is 10.6. The van der Waals surface area contributed by atoms with Crippen LogP contribution in [-0.2, 0) is 5.41 Å². The molecule has 1 unspecified atom stereocenters. The summed E-state index contributed by atoms with van der Waals surface area (Å²) < 4.78 is 0. The van der Waals surface area contributed by atoms with Crippen molar-refractivity contribution in [3.8, 4) is 6.07 Å². The Balaban J connectivity index is 2.63. The number of anilines is 1. The lowest BCUT2D eigenvalue weighted by atomic mass is 9.84. The fraction of sp³-hybridized carbons (Fsp3) is 0.167. The van der Waals surface area contributed by atoms with Gasteiger partial charge in [-0.2, -0.15) is 5.26 Å². The van der Waals surface area contributed by atoms with E-state index in [-0.39, 0.29) is 0 Å². The highest BCUT2D eigenvalue weighted by Crippen LogP contribution is 2.42. The predicted molar refractivity (Wildman–Crippen MR) is 57.6 cm³/mol. The summed E-state index contributed by atoms with van der Waals surface area (Å²) in [7, 11) is 0. The van der Waals surface area contributed by atoms with E-state index in [1.807, 2.05) is 6.92 Å². The van der Waals surface area contributed by atoms with E-state index in [1.165, 1.54) is 0 Å². The van der Waals surface area contributed by atoms with E-state index in [4.69, 9.17) is 5.26 Å². The van der Waals surface area contributed by atoms with Crippen LogP contribution in [0.15, 0.2) is 30.5 Å². The lowest BCUT2D eigenvalue weighted by molar-refractivity contribution is 0.112. The fourth-order valence-electron chi connectivity index (χ4n) is 1.75. The highest BCUT2D eigenvalue weighted by molar-refractivity contribution is 5.81. The summed E-state index contributed by atoms with van der Waals surface area (Å²) >= 11 is 0. The first kappa shape index (κ1) is 9.47. The van der Waals surface area contributed by atoms with Crippen LogP contribution in [0.5, 0.6) is 0 Å². The van der Waals surface area contributed by atoms with Gasteiger partial charge >= 0.3 is 0 Å². The maximum Gasteiger partial charge on any atom is 0.150 e. The molecule has 0 saturated heterocycles. The third-order valence-electron chi connectivity index (χ3n) is 2.83. The van der Waals surface area contributed by atoms with Gasteiger partial charge in [-0.15, -0.1) is 0 Å². The molecule has 0 radical (unpaired) electrons. The molecule has 0 aromatic heterocycles. The van der Waals surface area contributed by atoms with Gasteiger partial charge in [0.1, 0.15) is 11.7 Å². The van der Waals surface area contributed by atoms with E-state index in [0.717, 1.165) is 17.5 Å². The molecule has 1 N–H and O–H groups in total. The van der Waals surface area contributed by atoms with Gasteiger partial charge in [0.2, 0.25) is 0 Å². The van der Waals surface area contributed by atoms with E-state index in [9.17, 15) is 4.79 Å². The number of nitrogens with zero attached hydrogens (tertiary/aromatic N) is 1. The summed E-state index contributed by atoms with van der Waals surface area (Å²) in [5.74, 6) is 0. The molecule has 2 rings (SSSR count). The second-order valence-corrected chi connectivity index (χ2v) is 3.76. The van der Waals surface area contributed by atoms with Gasteiger partial charge in [-0.05, 0) is 13.0 Å². The number of nitrogens with one attached hydrogen (secondary N) is 1. The highest BCUT2D eigenvalue weighted by atomic mass is 16.1. The monoisotopic (exact) mass is 198 g/mol. The van der Waals surface area contributed by atoms with Gasteiger partial charge < -0.3 is 5.32 Å². The lowest BCUT2D eigenvalue weighted by Gasteiger charge is -2.15. The van der Waals surface area contributed by atoms with Crippen molar-refractivity contribution < 1.29 is 4.79 Å². The first-order chi connectivity index (χ1) is 7.11. The molecule has 1 atom stereocenters. The van der Waals surface area contributed by atoms with Crippen LogP contribution in [-0.4, -0.2) is 6.29 Å². The van der Waals surface area contributed by atoms with E-state index >= 15 is 0 Å². The molecule has 15 heavy (non-hydrogen) atoms. The Kier molecular flexibility index (Phi) is 1.87. The molecule has 1 aromatic rings. The quantitative estimate of drug-likeness (QED) is 0.704. The van der Waals surface area contributed by atoms with Gasteiger partial charge in [0.25, 0.3) is 0 Å². The number of benzene rings is 1. The molecule has 3 heteroatoms. The second-order valence-electron chi connectivity index (χ2n) is 3.76. The van der Waals surface area contributed by atoms with Crippen LogP contribution in [0, 0.1) is 11.3 Å². The van der Waals surface area contributed by atoms with Gasteiger partial charge in [0.05, 0.1) is 6.07 Å². The number of rotatable bonds is 1. The molecule has 74 valence electrons. The van der Waals surface area contributed by atoms with Gasteiger partial charge in [-0.3, -0.25) is 4.79 Å². The van der Waals surface area contributed by atoms with Gasteiger partial charge in [-0.25, -0.2) is 0 Å². The van der Waals surface area contributed by atoms with Crippen molar-refractivity contribution in [2.24, 2.45) is 0 Å². The zero-order valence-electron chi connectivity index (χ0n) is 8.37. The Labute approximate surface area is 88.0 Å². The maximum absolute atomic E-state index is 10.6. The Morgan fingerprint density at radius 1 is 1.60 bits per heavy atom. The van der Waals surface area contributed by atoms with Crippen LogP contribution in [0.4, 0.5) is 5.69 Å². The molecule has 0 spiro atoms. The van der Waals surface area contributed by atoms with Crippen LogP contribution in [0.1, 0.15) is 22.8 Å². The summed E-state index contributed by atoms with van der Waals surface area (Å²) in [6.07, 6.45) is 0.784. The zero-order valence-corrected chi connectivity index (χ0v) is 8.37. The molecule has 1 heterocycles. The van der Waals surface area contributed by atoms with Crippen molar-refractivity contribution in [1.82, 2.24) is 0 Å². The predicted octanol–water partition coefficient (Wildman–Crippen LogP) is 2.22. The van der Waals surface area contributed by atoms with Crippen LogP contribution in [0.3, 0.4) is 0 Å². The third-order valence-corrected chi connectivity index (χ3v) is 2.83. The molecule has 0 bridgehead atoms. The van der Waals surface area contributed by atoms with Crippen LogP contribution < -0.4 is 5.32 Å². The Hall–Kier alpha value is -2.08. The van der Waals surface area contributed by atoms with Crippen molar-refractivity contribution in [3.63, 3.8) is 0 Å². The average Bonchev–Trinajstić information content (AvgIpc) is 2.51. The van der Waals surface area contributed by atoms with Crippen molar-refractivity contribution in [1.29, 1.82) is 5.26 Å². The van der Waals surface area contributed by atoms with E-state index in [2.05, 4.69) is 18.0 Å². The lowest BCUT2D eigenvalue weighted by Crippen LogP contribution is -2.18. The Bertz CT molecular complexity index is 499. The fourth-order valence-corrected chi connectivity index (χ4v) is 1.75. The van der Waals surface area contributed by atoms with Crippen LogP contribution in [0.2, 0.25) is 0 Å². The largest absolute Gasteiger partial charge is 0.357 e. The molecular weight excluding hydrogens is 188 g/mol. The Morgan fingerprint density at radius 2 is 2.33 bits per heavy atom. The number of allylic oxidation sites excluding steroid dienone is 1. The minimum Gasteiger partial charge on any atom is -0.357 e. The van der Waals surface area contributed by atoms with E-state index in [1.54, 1.807) is 18.2 Å².